The third-order valence-corrected chi connectivity index (χ3v) is 4.83. The van der Waals surface area contributed by atoms with E-state index in [9.17, 15) is 9.90 Å². The van der Waals surface area contributed by atoms with Gasteiger partial charge in [0.15, 0.2) is 5.82 Å². The molecule has 8 heteroatoms. The highest BCUT2D eigenvalue weighted by molar-refractivity contribution is 5.94. The molecule has 2 aromatic carbocycles. The Morgan fingerprint density at radius 2 is 2.00 bits per heavy atom. The van der Waals surface area contributed by atoms with Gasteiger partial charge in [0.2, 0.25) is 0 Å². The highest BCUT2D eigenvalue weighted by atomic mass is 16.5. The minimum Gasteiger partial charge on any atom is -0.497 e. The van der Waals surface area contributed by atoms with Crippen LogP contribution in [0.4, 0.5) is 5.82 Å². The van der Waals surface area contributed by atoms with Crippen molar-refractivity contribution in [1.82, 2.24) is 14.4 Å². The van der Waals surface area contributed by atoms with Crippen LogP contribution in [-0.4, -0.2) is 39.7 Å². The van der Waals surface area contributed by atoms with Gasteiger partial charge in [0.05, 0.1) is 36.5 Å². The van der Waals surface area contributed by atoms with Gasteiger partial charge in [-0.15, -0.1) is 0 Å². The molecular formula is C21H20N4O4. The van der Waals surface area contributed by atoms with Gasteiger partial charge in [-0.1, -0.05) is 0 Å². The fourth-order valence-electron chi connectivity index (χ4n) is 3.32. The zero-order valence-electron chi connectivity index (χ0n) is 16.3. The minimum absolute atomic E-state index is 0.204. The third kappa shape index (κ3) is 3.29. The number of ether oxygens (including phenoxy) is 2. The van der Waals surface area contributed by atoms with E-state index in [1.54, 1.807) is 38.7 Å². The van der Waals surface area contributed by atoms with Crippen LogP contribution >= 0.6 is 0 Å². The van der Waals surface area contributed by atoms with Gasteiger partial charge in [-0.05, 0) is 37.3 Å². The fourth-order valence-corrected chi connectivity index (χ4v) is 3.32. The monoisotopic (exact) mass is 392 g/mol. The molecule has 0 aliphatic rings. The minimum atomic E-state index is -0.981. The number of rotatable bonds is 6. The van der Waals surface area contributed by atoms with E-state index >= 15 is 0 Å². The molecule has 0 aliphatic heterocycles. The Morgan fingerprint density at radius 1 is 1.17 bits per heavy atom. The number of imidazole rings is 1. The molecule has 0 aliphatic carbocycles. The molecule has 0 fully saturated rings. The normalized spacial score (nSPS) is 11.0. The Morgan fingerprint density at radius 3 is 2.72 bits per heavy atom. The maximum atomic E-state index is 11.3. The van der Waals surface area contributed by atoms with E-state index in [1.807, 2.05) is 29.5 Å². The van der Waals surface area contributed by atoms with Crippen LogP contribution < -0.4 is 14.8 Å². The first-order chi connectivity index (χ1) is 14.0. The van der Waals surface area contributed by atoms with E-state index in [0.29, 0.717) is 29.1 Å². The lowest BCUT2D eigenvalue weighted by atomic mass is 10.1. The fraction of sp³-hybridized carbons (Fsp3) is 0.190. The van der Waals surface area contributed by atoms with Crippen LogP contribution in [-0.2, 0) is 6.54 Å². The van der Waals surface area contributed by atoms with Crippen LogP contribution in [0.2, 0.25) is 0 Å². The second-order valence-corrected chi connectivity index (χ2v) is 6.55. The number of benzene rings is 2. The quantitative estimate of drug-likeness (QED) is 0.518. The van der Waals surface area contributed by atoms with E-state index in [-0.39, 0.29) is 5.56 Å². The molecule has 0 saturated heterocycles. The smallest absolute Gasteiger partial charge is 0.335 e. The molecule has 4 rings (SSSR count). The van der Waals surface area contributed by atoms with Gasteiger partial charge in [0, 0.05) is 18.2 Å². The Hall–Kier alpha value is -3.81. The number of nitrogens with one attached hydrogen (secondary N) is 1. The van der Waals surface area contributed by atoms with Crippen molar-refractivity contribution < 1.29 is 19.4 Å². The molecule has 4 aromatic rings. The Labute approximate surface area is 166 Å². The Kier molecular flexibility index (Phi) is 4.67. The number of aromatic carboxylic acids is 1. The SMILES string of the molecule is COc1ccc(CNc2nc3ccc(C(=O)O)cc3n3cnc(C)c23)c(OC)c1. The second-order valence-electron chi connectivity index (χ2n) is 6.55. The number of carbonyl (C=O) groups is 1. The number of methoxy groups -OCH3 is 2. The number of anilines is 1. The third-order valence-electron chi connectivity index (χ3n) is 4.83. The molecule has 0 saturated carbocycles. The van der Waals surface area contributed by atoms with Crippen molar-refractivity contribution in [2.24, 2.45) is 0 Å². The molecule has 0 unspecified atom stereocenters. The summed E-state index contributed by atoms with van der Waals surface area (Å²) in [5, 5.41) is 12.7. The van der Waals surface area contributed by atoms with E-state index in [2.05, 4.69) is 10.3 Å². The number of hydrogen-bond acceptors (Lipinski definition) is 6. The zero-order chi connectivity index (χ0) is 20.5. The highest BCUT2D eigenvalue weighted by Gasteiger charge is 2.15. The number of carboxylic acid groups (broad SMARTS) is 1. The Bertz CT molecular complexity index is 1230. The summed E-state index contributed by atoms with van der Waals surface area (Å²) in [5.74, 6) is 1.11. The van der Waals surface area contributed by atoms with Crippen molar-refractivity contribution in [3.05, 3.63) is 59.5 Å². The average molecular weight is 392 g/mol. The summed E-state index contributed by atoms with van der Waals surface area (Å²) in [6, 6.07) is 10.5. The second kappa shape index (κ2) is 7.31. The number of aromatic nitrogens is 3. The first-order valence-corrected chi connectivity index (χ1v) is 8.97. The number of nitrogens with zero attached hydrogens (tertiary/aromatic N) is 3. The van der Waals surface area contributed by atoms with Crippen LogP contribution in [0.25, 0.3) is 16.6 Å². The molecule has 2 aromatic heterocycles. The largest absolute Gasteiger partial charge is 0.497 e. The number of carboxylic acids is 1. The molecule has 0 amide bonds. The van der Waals surface area contributed by atoms with Gasteiger partial charge >= 0.3 is 5.97 Å². The molecule has 0 spiro atoms. The van der Waals surface area contributed by atoms with Gasteiger partial charge in [0.25, 0.3) is 0 Å². The molecule has 0 atom stereocenters. The van der Waals surface area contributed by atoms with Gasteiger partial charge in [0.1, 0.15) is 23.3 Å². The summed E-state index contributed by atoms with van der Waals surface area (Å²) in [7, 11) is 3.23. The summed E-state index contributed by atoms with van der Waals surface area (Å²) in [5.41, 5.74) is 4.11. The summed E-state index contributed by atoms with van der Waals surface area (Å²) in [4.78, 5) is 20.4. The lowest BCUT2D eigenvalue weighted by Gasteiger charge is -2.14. The molecule has 0 radical (unpaired) electrons. The van der Waals surface area contributed by atoms with Crippen molar-refractivity contribution in [2.75, 3.05) is 19.5 Å². The van der Waals surface area contributed by atoms with E-state index < -0.39 is 5.97 Å². The van der Waals surface area contributed by atoms with Gasteiger partial charge in [-0.25, -0.2) is 14.8 Å². The predicted molar refractivity (Wildman–Crippen MR) is 109 cm³/mol. The summed E-state index contributed by atoms with van der Waals surface area (Å²) in [6.07, 6.45) is 1.68. The highest BCUT2D eigenvalue weighted by Crippen LogP contribution is 2.28. The lowest BCUT2D eigenvalue weighted by molar-refractivity contribution is 0.0697. The molecule has 2 N–H and O–H groups in total. The molecule has 2 heterocycles. The van der Waals surface area contributed by atoms with Crippen molar-refractivity contribution in [2.45, 2.75) is 13.5 Å². The maximum Gasteiger partial charge on any atom is 0.335 e. The molecular weight excluding hydrogens is 372 g/mol. The number of fused-ring (bicyclic) bond motifs is 3. The van der Waals surface area contributed by atoms with E-state index in [0.717, 1.165) is 22.5 Å². The van der Waals surface area contributed by atoms with Gasteiger partial charge in [-0.2, -0.15) is 0 Å². The Balaban J connectivity index is 1.77. The average Bonchev–Trinajstić information content (AvgIpc) is 3.13. The van der Waals surface area contributed by atoms with Crippen LogP contribution in [0.3, 0.4) is 0 Å². The van der Waals surface area contributed by atoms with Crippen molar-refractivity contribution >= 4 is 28.3 Å². The van der Waals surface area contributed by atoms with Crippen LogP contribution in [0.15, 0.2) is 42.7 Å². The number of aryl methyl sites for hydroxylation is 1. The van der Waals surface area contributed by atoms with Crippen molar-refractivity contribution in [3.63, 3.8) is 0 Å². The first-order valence-electron chi connectivity index (χ1n) is 8.97. The summed E-state index contributed by atoms with van der Waals surface area (Å²) in [6.45, 7) is 2.38. The predicted octanol–water partition coefficient (Wildman–Crippen LogP) is 3.52. The summed E-state index contributed by atoms with van der Waals surface area (Å²) >= 11 is 0. The standard InChI is InChI=1S/C21H20N4O4/c1-12-19-20(22-10-14-4-6-15(28-2)9-18(14)29-3)24-16-7-5-13(21(26)27)8-17(16)25(19)11-23-12/h4-9,11H,10H2,1-3H3,(H,22,24)(H,26,27). The first kappa shape index (κ1) is 18.5. The molecule has 8 nitrogen and oxygen atoms in total. The van der Waals surface area contributed by atoms with Gasteiger partial charge < -0.3 is 19.9 Å². The van der Waals surface area contributed by atoms with Crippen molar-refractivity contribution in [1.29, 1.82) is 0 Å². The summed E-state index contributed by atoms with van der Waals surface area (Å²) < 4.78 is 12.6. The van der Waals surface area contributed by atoms with E-state index in [1.165, 1.54) is 0 Å². The van der Waals surface area contributed by atoms with Crippen LogP contribution in [0.5, 0.6) is 11.5 Å². The molecule has 29 heavy (non-hydrogen) atoms. The van der Waals surface area contributed by atoms with Crippen LogP contribution in [0, 0.1) is 6.92 Å². The maximum absolute atomic E-state index is 11.3. The topological polar surface area (TPSA) is 98.0 Å². The van der Waals surface area contributed by atoms with Crippen molar-refractivity contribution in [3.8, 4) is 11.5 Å². The molecule has 0 bridgehead atoms. The lowest BCUT2D eigenvalue weighted by Crippen LogP contribution is -2.06. The number of hydrogen-bond donors (Lipinski definition) is 2. The van der Waals surface area contributed by atoms with Gasteiger partial charge in [-0.3, -0.25) is 4.40 Å². The van der Waals surface area contributed by atoms with E-state index in [4.69, 9.17) is 14.5 Å². The van der Waals surface area contributed by atoms with Crippen LogP contribution in [0.1, 0.15) is 21.6 Å². The molecule has 148 valence electrons. The zero-order valence-corrected chi connectivity index (χ0v) is 16.3.